The van der Waals surface area contributed by atoms with Crippen molar-refractivity contribution in [2.24, 2.45) is 0 Å². The molecular weight excluding hydrogens is 322 g/mol. The van der Waals surface area contributed by atoms with Gasteiger partial charge < -0.3 is 4.98 Å². The van der Waals surface area contributed by atoms with Crippen molar-refractivity contribution in [1.29, 1.82) is 0 Å². The zero-order chi connectivity index (χ0) is 15.7. The van der Waals surface area contributed by atoms with Gasteiger partial charge in [-0.15, -0.1) is 0 Å². The Kier molecular flexibility index (Phi) is 3.76. The number of fused-ring (bicyclic) bond motifs is 1. The van der Waals surface area contributed by atoms with E-state index in [1.165, 1.54) is 6.07 Å². The van der Waals surface area contributed by atoms with Crippen molar-refractivity contribution in [2.45, 2.75) is 10.6 Å². The number of hydrogen-bond donors (Lipinski definition) is 1. The summed E-state index contributed by atoms with van der Waals surface area (Å²) in [6, 6.07) is 15.0. The van der Waals surface area contributed by atoms with Crippen molar-refractivity contribution in [2.75, 3.05) is 0 Å². The van der Waals surface area contributed by atoms with Gasteiger partial charge in [-0.3, -0.25) is 4.79 Å². The van der Waals surface area contributed by atoms with Crippen molar-refractivity contribution in [3.63, 3.8) is 0 Å². The standard InChI is InChI=1S/C16H12ClNO3S/c17-13-7-5-11(6-8-13)10-22(20,21)15-9-12-3-1-2-4-14(12)18-16(15)19/h1-9H,10H2,(H,18,19). The number of aromatic nitrogens is 1. The van der Waals surface area contributed by atoms with Crippen LogP contribution in [0.15, 0.2) is 64.3 Å². The number of rotatable bonds is 3. The van der Waals surface area contributed by atoms with Crippen molar-refractivity contribution >= 4 is 32.3 Å². The maximum absolute atomic E-state index is 12.5. The van der Waals surface area contributed by atoms with Gasteiger partial charge in [0.2, 0.25) is 0 Å². The monoisotopic (exact) mass is 333 g/mol. The maximum atomic E-state index is 12.5. The van der Waals surface area contributed by atoms with Gasteiger partial charge in [0.1, 0.15) is 4.90 Å². The fourth-order valence-corrected chi connectivity index (χ4v) is 3.79. The fraction of sp³-hybridized carbons (Fsp3) is 0.0625. The van der Waals surface area contributed by atoms with E-state index in [4.69, 9.17) is 11.6 Å². The summed E-state index contributed by atoms with van der Waals surface area (Å²) in [6.07, 6.45) is 0. The zero-order valence-electron chi connectivity index (χ0n) is 11.4. The summed E-state index contributed by atoms with van der Waals surface area (Å²) >= 11 is 5.79. The predicted molar refractivity (Wildman–Crippen MR) is 86.9 cm³/mol. The lowest BCUT2D eigenvalue weighted by Gasteiger charge is -2.06. The molecule has 1 heterocycles. The highest BCUT2D eigenvalue weighted by Crippen LogP contribution is 2.18. The summed E-state index contributed by atoms with van der Waals surface area (Å²) in [5, 5.41) is 1.21. The van der Waals surface area contributed by atoms with Crippen LogP contribution in [-0.2, 0) is 15.6 Å². The number of hydrogen-bond acceptors (Lipinski definition) is 3. The van der Waals surface area contributed by atoms with Crippen LogP contribution in [0.1, 0.15) is 5.56 Å². The molecule has 1 aromatic heterocycles. The van der Waals surface area contributed by atoms with Gasteiger partial charge in [0.25, 0.3) is 5.56 Å². The molecule has 3 aromatic rings. The van der Waals surface area contributed by atoms with Crippen molar-refractivity contribution < 1.29 is 8.42 Å². The number of nitrogens with one attached hydrogen (secondary N) is 1. The normalized spacial score (nSPS) is 11.7. The first-order valence-corrected chi connectivity index (χ1v) is 8.58. The number of aromatic amines is 1. The average Bonchev–Trinajstić information content (AvgIpc) is 2.48. The highest BCUT2D eigenvalue weighted by molar-refractivity contribution is 7.90. The van der Waals surface area contributed by atoms with E-state index in [0.717, 1.165) is 0 Å². The summed E-state index contributed by atoms with van der Waals surface area (Å²) in [4.78, 5) is 14.5. The molecule has 0 atom stereocenters. The van der Waals surface area contributed by atoms with Crippen LogP contribution in [0.4, 0.5) is 0 Å². The lowest BCUT2D eigenvalue weighted by atomic mass is 10.2. The minimum atomic E-state index is -3.74. The molecule has 0 saturated heterocycles. The highest BCUT2D eigenvalue weighted by Gasteiger charge is 2.20. The summed E-state index contributed by atoms with van der Waals surface area (Å²) in [5.41, 5.74) is 0.586. The van der Waals surface area contributed by atoms with Crippen LogP contribution in [0.3, 0.4) is 0 Å². The minimum Gasteiger partial charge on any atom is -0.321 e. The summed E-state index contributed by atoms with van der Waals surface area (Å²) in [7, 11) is -3.74. The molecule has 0 unspecified atom stereocenters. The second-order valence-electron chi connectivity index (χ2n) is 4.94. The lowest BCUT2D eigenvalue weighted by Crippen LogP contribution is -2.18. The van der Waals surface area contributed by atoms with E-state index in [2.05, 4.69) is 4.98 Å². The van der Waals surface area contributed by atoms with Crippen LogP contribution >= 0.6 is 11.6 Å². The Hall–Kier alpha value is -2.11. The van der Waals surface area contributed by atoms with Crippen molar-refractivity contribution in [3.05, 3.63) is 75.5 Å². The van der Waals surface area contributed by atoms with E-state index < -0.39 is 15.4 Å². The molecule has 1 N–H and O–H groups in total. The molecule has 0 aliphatic heterocycles. The largest absolute Gasteiger partial charge is 0.321 e. The molecule has 0 bridgehead atoms. The molecule has 0 radical (unpaired) electrons. The van der Waals surface area contributed by atoms with Crippen LogP contribution in [0.5, 0.6) is 0 Å². The van der Waals surface area contributed by atoms with Gasteiger partial charge in [0.05, 0.1) is 5.75 Å². The third-order valence-corrected chi connectivity index (χ3v) is 5.26. The molecule has 4 nitrogen and oxygen atoms in total. The van der Waals surface area contributed by atoms with Gasteiger partial charge in [-0.1, -0.05) is 41.9 Å². The Morgan fingerprint density at radius 3 is 2.41 bits per heavy atom. The first-order chi connectivity index (χ1) is 10.5. The number of para-hydroxylation sites is 1. The highest BCUT2D eigenvalue weighted by atomic mass is 35.5. The topological polar surface area (TPSA) is 67.0 Å². The minimum absolute atomic E-state index is 0.221. The van der Waals surface area contributed by atoms with Gasteiger partial charge in [0.15, 0.2) is 9.84 Å². The number of sulfone groups is 1. The molecule has 0 aliphatic carbocycles. The molecule has 0 amide bonds. The predicted octanol–water partition coefficient (Wildman–Crippen LogP) is 3.16. The molecule has 0 saturated carbocycles. The Balaban J connectivity index is 2.07. The Morgan fingerprint density at radius 1 is 1.00 bits per heavy atom. The summed E-state index contributed by atoms with van der Waals surface area (Å²) in [6.45, 7) is 0. The second kappa shape index (κ2) is 5.59. The Bertz CT molecular complexity index is 992. The van der Waals surface area contributed by atoms with E-state index >= 15 is 0 Å². The third kappa shape index (κ3) is 2.91. The molecule has 112 valence electrons. The summed E-state index contributed by atoms with van der Waals surface area (Å²) < 4.78 is 25.0. The molecule has 0 aliphatic rings. The number of pyridine rings is 1. The zero-order valence-corrected chi connectivity index (χ0v) is 13.0. The van der Waals surface area contributed by atoms with Gasteiger partial charge in [-0.2, -0.15) is 0 Å². The van der Waals surface area contributed by atoms with Gasteiger partial charge >= 0.3 is 0 Å². The third-order valence-electron chi connectivity index (χ3n) is 3.32. The van der Waals surface area contributed by atoms with Crippen molar-refractivity contribution in [1.82, 2.24) is 4.98 Å². The van der Waals surface area contributed by atoms with E-state index in [9.17, 15) is 13.2 Å². The van der Waals surface area contributed by atoms with E-state index in [1.54, 1.807) is 48.5 Å². The fourth-order valence-electron chi connectivity index (χ4n) is 2.24. The first-order valence-electron chi connectivity index (χ1n) is 6.55. The average molecular weight is 334 g/mol. The van der Waals surface area contributed by atoms with Crippen molar-refractivity contribution in [3.8, 4) is 0 Å². The van der Waals surface area contributed by atoms with E-state index in [1.807, 2.05) is 0 Å². The molecular formula is C16H12ClNO3S. The molecule has 0 spiro atoms. The number of benzene rings is 2. The van der Waals surface area contributed by atoms with Crippen LogP contribution in [-0.4, -0.2) is 13.4 Å². The SMILES string of the molecule is O=c1[nH]c2ccccc2cc1S(=O)(=O)Cc1ccc(Cl)cc1. The number of halogens is 1. The van der Waals surface area contributed by atoms with Gasteiger partial charge in [-0.25, -0.2) is 8.42 Å². The van der Waals surface area contributed by atoms with Gasteiger partial charge in [0, 0.05) is 10.5 Å². The molecule has 22 heavy (non-hydrogen) atoms. The smallest absolute Gasteiger partial charge is 0.267 e. The first kappa shape index (κ1) is 14.8. The summed E-state index contributed by atoms with van der Waals surface area (Å²) in [5.74, 6) is -0.244. The van der Waals surface area contributed by atoms with E-state index in [0.29, 0.717) is 21.5 Å². The Labute approximate surface area is 132 Å². The van der Waals surface area contributed by atoms with Crippen LogP contribution in [0.2, 0.25) is 5.02 Å². The molecule has 6 heteroatoms. The second-order valence-corrected chi connectivity index (χ2v) is 7.33. The van der Waals surface area contributed by atoms with Crippen LogP contribution in [0, 0.1) is 0 Å². The van der Waals surface area contributed by atoms with Crippen LogP contribution in [0.25, 0.3) is 10.9 Å². The molecule has 3 rings (SSSR count). The maximum Gasteiger partial charge on any atom is 0.267 e. The van der Waals surface area contributed by atoms with Gasteiger partial charge in [-0.05, 0) is 35.2 Å². The van der Waals surface area contributed by atoms with E-state index in [-0.39, 0.29) is 10.6 Å². The molecule has 2 aromatic carbocycles. The number of H-pyrrole nitrogens is 1. The Morgan fingerprint density at radius 2 is 1.68 bits per heavy atom. The molecule has 0 fully saturated rings. The van der Waals surface area contributed by atoms with Crippen LogP contribution < -0.4 is 5.56 Å². The quantitative estimate of drug-likeness (QED) is 0.800. The lowest BCUT2D eigenvalue weighted by molar-refractivity contribution is 0.594.